The second kappa shape index (κ2) is 9.24. The van der Waals surface area contributed by atoms with Crippen LogP contribution in [0.2, 0.25) is 5.02 Å². The van der Waals surface area contributed by atoms with Crippen molar-refractivity contribution in [3.63, 3.8) is 0 Å². The quantitative estimate of drug-likeness (QED) is 0.605. The number of hydrogen-bond acceptors (Lipinski definition) is 4. The molecule has 0 aliphatic heterocycles. The summed E-state index contributed by atoms with van der Waals surface area (Å²) < 4.78 is 5.37. The fourth-order valence-electron chi connectivity index (χ4n) is 2.78. The van der Waals surface area contributed by atoms with Gasteiger partial charge in [-0.25, -0.2) is 4.98 Å². The third-order valence-corrected chi connectivity index (χ3v) is 4.45. The summed E-state index contributed by atoms with van der Waals surface area (Å²) in [7, 11) is 1.63. The number of benzene rings is 2. The number of nitrogens with zero attached hydrogens (tertiary/aromatic N) is 1. The van der Waals surface area contributed by atoms with Crippen LogP contribution in [0, 0.1) is 6.92 Å². The minimum absolute atomic E-state index is 0.207. The van der Waals surface area contributed by atoms with E-state index in [-0.39, 0.29) is 5.91 Å². The van der Waals surface area contributed by atoms with E-state index in [0.29, 0.717) is 23.7 Å². The zero-order valence-corrected chi connectivity index (χ0v) is 16.6. The van der Waals surface area contributed by atoms with E-state index in [1.807, 2.05) is 55.5 Å². The highest BCUT2D eigenvalue weighted by Crippen LogP contribution is 2.28. The van der Waals surface area contributed by atoms with E-state index in [0.717, 1.165) is 28.3 Å². The molecule has 0 radical (unpaired) electrons. The van der Waals surface area contributed by atoms with Crippen molar-refractivity contribution < 1.29 is 9.53 Å². The Morgan fingerprint density at radius 3 is 2.71 bits per heavy atom. The van der Waals surface area contributed by atoms with Crippen molar-refractivity contribution in [3.05, 3.63) is 82.6 Å². The van der Waals surface area contributed by atoms with Crippen molar-refractivity contribution in [1.29, 1.82) is 0 Å². The number of nitrogens with one attached hydrogen (secondary N) is 2. The van der Waals surface area contributed by atoms with E-state index < -0.39 is 0 Å². The molecule has 2 N–H and O–H groups in total. The van der Waals surface area contributed by atoms with Crippen LogP contribution in [-0.4, -0.2) is 24.5 Å². The lowest BCUT2D eigenvalue weighted by Crippen LogP contribution is -2.26. The van der Waals surface area contributed by atoms with Gasteiger partial charge in [0.15, 0.2) is 0 Å². The highest BCUT2D eigenvalue weighted by atomic mass is 35.5. The summed E-state index contributed by atoms with van der Waals surface area (Å²) in [5, 5.41) is 6.84. The van der Waals surface area contributed by atoms with Gasteiger partial charge in [0.1, 0.15) is 11.4 Å². The van der Waals surface area contributed by atoms with Crippen molar-refractivity contribution in [3.8, 4) is 5.75 Å². The molecule has 2 aromatic carbocycles. The fraction of sp³-hybridized carbons (Fsp3) is 0.182. The number of halogens is 1. The molecule has 6 heteroatoms. The first kappa shape index (κ1) is 19.7. The van der Waals surface area contributed by atoms with E-state index >= 15 is 0 Å². The van der Waals surface area contributed by atoms with E-state index in [1.54, 1.807) is 19.4 Å². The smallest absolute Gasteiger partial charge is 0.269 e. The number of carbonyl (C=O) groups is 1. The van der Waals surface area contributed by atoms with Crippen molar-refractivity contribution in [2.24, 2.45) is 0 Å². The summed E-state index contributed by atoms with van der Waals surface area (Å²) in [4.78, 5) is 16.5. The minimum atomic E-state index is -0.207. The van der Waals surface area contributed by atoms with E-state index in [2.05, 4.69) is 15.6 Å². The predicted molar refractivity (Wildman–Crippen MR) is 113 cm³/mol. The lowest BCUT2D eigenvalue weighted by Gasteiger charge is -2.12. The van der Waals surface area contributed by atoms with Crippen LogP contribution in [0.25, 0.3) is 0 Å². The molecule has 28 heavy (non-hydrogen) atoms. The standard InChI is InChI=1S/C22H22ClN3O2/c1-15-6-9-21(28-2)20(12-15)26-18-7-8-19(25-14-18)22(27)24-11-10-16-4-3-5-17(23)13-16/h3-9,12-14,26H,10-11H2,1-2H3,(H,24,27). The molecule has 0 saturated heterocycles. The van der Waals surface area contributed by atoms with Crippen LogP contribution >= 0.6 is 11.6 Å². The monoisotopic (exact) mass is 395 g/mol. The van der Waals surface area contributed by atoms with Crippen LogP contribution in [0.4, 0.5) is 11.4 Å². The maximum absolute atomic E-state index is 12.3. The van der Waals surface area contributed by atoms with Gasteiger partial charge in [-0.1, -0.05) is 29.8 Å². The Balaban J connectivity index is 1.58. The molecular formula is C22H22ClN3O2. The molecule has 144 valence electrons. The van der Waals surface area contributed by atoms with Gasteiger partial charge in [0.25, 0.3) is 5.91 Å². The zero-order valence-electron chi connectivity index (χ0n) is 15.8. The first-order valence-electron chi connectivity index (χ1n) is 8.95. The lowest BCUT2D eigenvalue weighted by atomic mass is 10.1. The summed E-state index contributed by atoms with van der Waals surface area (Å²) in [6.07, 6.45) is 2.34. The molecule has 0 aliphatic carbocycles. The summed E-state index contributed by atoms with van der Waals surface area (Å²) in [6.45, 7) is 2.53. The van der Waals surface area contributed by atoms with E-state index in [1.165, 1.54) is 0 Å². The topological polar surface area (TPSA) is 63.2 Å². The number of aromatic nitrogens is 1. The number of hydrogen-bond donors (Lipinski definition) is 2. The molecule has 1 heterocycles. The molecule has 5 nitrogen and oxygen atoms in total. The van der Waals surface area contributed by atoms with Crippen LogP contribution in [0.1, 0.15) is 21.6 Å². The van der Waals surface area contributed by atoms with Gasteiger partial charge < -0.3 is 15.4 Å². The van der Waals surface area contributed by atoms with Crippen LogP contribution in [-0.2, 0) is 6.42 Å². The molecule has 1 aromatic heterocycles. The van der Waals surface area contributed by atoms with E-state index in [9.17, 15) is 4.79 Å². The zero-order chi connectivity index (χ0) is 19.9. The Morgan fingerprint density at radius 2 is 2.00 bits per heavy atom. The van der Waals surface area contributed by atoms with Crippen molar-refractivity contribution >= 4 is 28.9 Å². The Bertz CT molecular complexity index is 958. The largest absolute Gasteiger partial charge is 0.495 e. The number of aryl methyl sites for hydroxylation is 1. The Hall–Kier alpha value is -3.05. The lowest BCUT2D eigenvalue weighted by molar-refractivity contribution is 0.0949. The van der Waals surface area contributed by atoms with Gasteiger partial charge >= 0.3 is 0 Å². The molecular weight excluding hydrogens is 374 g/mol. The van der Waals surface area contributed by atoms with Gasteiger partial charge in [0.2, 0.25) is 0 Å². The summed E-state index contributed by atoms with van der Waals surface area (Å²) in [6, 6.07) is 17.0. The fourth-order valence-corrected chi connectivity index (χ4v) is 2.99. The Kier molecular flexibility index (Phi) is 6.50. The molecule has 3 rings (SSSR count). The van der Waals surface area contributed by atoms with Crippen LogP contribution in [0.15, 0.2) is 60.8 Å². The van der Waals surface area contributed by atoms with Crippen molar-refractivity contribution in [2.75, 3.05) is 19.0 Å². The number of methoxy groups -OCH3 is 1. The maximum Gasteiger partial charge on any atom is 0.269 e. The molecule has 0 bridgehead atoms. The van der Waals surface area contributed by atoms with Gasteiger partial charge in [0.05, 0.1) is 24.7 Å². The van der Waals surface area contributed by atoms with Crippen molar-refractivity contribution in [1.82, 2.24) is 10.3 Å². The number of rotatable bonds is 7. The summed E-state index contributed by atoms with van der Waals surface area (Å²) in [5.74, 6) is 0.537. The summed E-state index contributed by atoms with van der Waals surface area (Å²) >= 11 is 5.97. The molecule has 0 saturated carbocycles. The number of pyridine rings is 1. The minimum Gasteiger partial charge on any atom is -0.495 e. The third-order valence-electron chi connectivity index (χ3n) is 4.22. The Morgan fingerprint density at radius 1 is 1.14 bits per heavy atom. The average molecular weight is 396 g/mol. The predicted octanol–water partition coefficient (Wildman–Crippen LogP) is 4.77. The van der Waals surface area contributed by atoms with Crippen LogP contribution < -0.4 is 15.4 Å². The van der Waals surface area contributed by atoms with Crippen molar-refractivity contribution in [2.45, 2.75) is 13.3 Å². The first-order chi connectivity index (χ1) is 13.5. The SMILES string of the molecule is COc1ccc(C)cc1Nc1ccc(C(=O)NCCc2cccc(Cl)c2)nc1. The second-order valence-corrected chi connectivity index (χ2v) is 6.83. The van der Waals surface area contributed by atoms with Gasteiger partial charge in [-0.15, -0.1) is 0 Å². The molecule has 0 spiro atoms. The molecule has 3 aromatic rings. The molecule has 0 atom stereocenters. The molecule has 1 amide bonds. The van der Waals surface area contributed by atoms with Crippen LogP contribution in [0.3, 0.4) is 0 Å². The highest BCUT2D eigenvalue weighted by molar-refractivity contribution is 6.30. The van der Waals surface area contributed by atoms with Gasteiger partial charge in [-0.2, -0.15) is 0 Å². The second-order valence-electron chi connectivity index (χ2n) is 6.40. The average Bonchev–Trinajstić information content (AvgIpc) is 2.69. The number of ether oxygens (including phenoxy) is 1. The highest BCUT2D eigenvalue weighted by Gasteiger charge is 2.08. The first-order valence-corrected chi connectivity index (χ1v) is 9.33. The van der Waals surface area contributed by atoms with Gasteiger partial charge in [-0.3, -0.25) is 4.79 Å². The molecule has 0 fully saturated rings. The Labute approximate surface area is 169 Å². The van der Waals surface area contributed by atoms with Gasteiger partial charge in [0, 0.05) is 11.6 Å². The number of anilines is 2. The number of amides is 1. The summed E-state index contributed by atoms with van der Waals surface area (Å²) in [5.41, 5.74) is 4.19. The maximum atomic E-state index is 12.3. The van der Waals surface area contributed by atoms with Crippen LogP contribution in [0.5, 0.6) is 5.75 Å². The molecule has 0 unspecified atom stereocenters. The number of carbonyl (C=O) groups excluding carboxylic acids is 1. The third kappa shape index (κ3) is 5.24. The normalized spacial score (nSPS) is 10.4. The molecule has 0 aliphatic rings. The van der Waals surface area contributed by atoms with Gasteiger partial charge in [-0.05, 0) is 60.9 Å². The van der Waals surface area contributed by atoms with E-state index in [4.69, 9.17) is 16.3 Å².